The van der Waals surface area contributed by atoms with Crippen molar-refractivity contribution in [2.24, 2.45) is 0 Å². The van der Waals surface area contributed by atoms with Gasteiger partial charge in [-0.05, 0) is 55.3 Å². The summed E-state index contributed by atoms with van der Waals surface area (Å²) in [5.41, 5.74) is 2.27. The van der Waals surface area contributed by atoms with Crippen molar-refractivity contribution in [2.45, 2.75) is 26.8 Å². The van der Waals surface area contributed by atoms with Gasteiger partial charge < -0.3 is 10.1 Å². The van der Waals surface area contributed by atoms with E-state index < -0.39 is 0 Å². The van der Waals surface area contributed by atoms with E-state index in [1.165, 1.54) is 5.56 Å². The molecule has 0 atom stereocenters. The van der Waals surface area contributed by atoms with Crippen molar-refractivity contribution in [2.75, 3.05) is 6.54 Å². The molecule has 2 aromatic rings. The number of ether oxygens (including phenoxy) is 1. The van der Waals surface area contributed by atoms with Crippen LogP contribution in [0.25, 0.3) is 0 Å². The molecule has 0 aromatic heterocycles. The van der Waals surface area contributed by atoms with Crippen molar-refractivity contribution in [1.82, 2.24) is 5.32 Å². The van der Waals surface area contributed by atoms with E-state index in [0.717, 1.165) is 41.6 Å². The van der Waals surface area contributed by atoms with Gasteiger partial charge in [0.15, 0.2) is 0 Å². The summed E-state index contributed by atoms with van der Waals surface area (Å²) in [5, 5.41) is 4.08. The Hall–Kier alpha value is -1.51. The molecule has 0 spiro atoms. The maximum atomic E-state index is 6.29. The number of hydrogen-bond acceptors (Lipinski definition) is 2. The topological polar surface area (TPSA) is 21.3 Å². The Bertz CT molecular complexity index is 569. The fourth-order valence-corrected chi connectivity index (χ4v) is 2.19. The molecule has 3 heteroatoms. The van der Waals surface area contributed by atoms with Gasteiger partial charge in [-0.2, -0.15) is 0 Å². The number of rotatable bonds is 6. The first-order valence-electron chi connectivity index (χ1n) is 6.92. The van der Waals surface area contributed by atoms with E-state index in [9.17, 15) is 0 Å². The molecule has 0 saturated heterocycles. The summed E-state index contributed by atoms with van der Waals surface area (Å²) in [6, 6.07) is 13.8. The molecule has 0 fully saturated rings. The minimum Gasteiger partial charge on any atom is -0.457 e. The molecule has 106 valence electrons. The molecule has 0 bridgehead atoms. The highest BCUT2D eigenvalue weighted by Gasteiger charge is 2.04. The van der Waals surface area contributed by atoms with E-state index in [4.69, 9.17) is 16.3 Å². The summed E-state index contributed by atoms with van der Waals surface area (Å²) in [5.74, 6) is 1.60. The van der Waals surface area contributed by atoms with Crippen molar-refractivity contribution in [1.29, 1.82) is 0 Å². The molecule has 20 heavy (non-hydrogen) atoms. The van der Waals surface area contributed by atoms with Crippen molar-refractivity contribution < 1.29 is 4.74 Å². The van der Waals surface area contributed by atoms with Crippen LogP contribution in [-0.2, 0) is 6.54 Å². The Labute approximate surface area is 125 Å². The first kappa shape index (κ1) is 14.9. The molecular formula is C17H20ClNO. The van der Waals surface area contributed by atoms with Gasteiger partial charge in [-0.1, -0.05) is 36.7 Å². The Morgan fingerprint density at radius 3 is 2.60 bits per heavy atom. The van der Waals surface area contributed by atoms with Gasteiger partial charge in [-0.25, -0.2) is 0 Å². The van der Waals surface area contributed by atoms with Crippen LogP contribution in [0.5, 0.6) is 11.5 Å². The largest absolute Gasteiger partial charge is 0.457 e. The number of nitrogens with one attached hydrogen (secondary N) is 1. The van der Waals surface area contributed by atoms with Gasteiger partial charge in [0.2, 0.25) is 0 Å². The molecule has 0 unspecified atom stereocenters. The molecule has 0 aliphatic rings. The average Bonchev–Trinajstić information content (AvgIpc) is 2.41. The van der Waals surface area contributed by atoms with E-state index in [2.05, 4.69) is 12.2 Å². The molecule has 0 amide bonds. The van der Waals surface area contributed by atoms with Gasteiger partial charge >= 0.3 is 0 Å². The highest BCUT2D eigenvalue weighted by Crippen LogP contribution is 2.27. The predicted octanol–water partition coefficient (Wildman–Crippen LogP) is 4.94. The van der Waals surface area contributed by atoms with Gasteiger partial charge in [0.05, 0.1) is 0 Å². The Kier molecular flexibility index (Phi) is 5.45. The first-order valence-corrected chi connectivity index (χ1v) is 7.30. The fraction of sp³-hybridized carbons (Fsp3) is 0.294. The lowest BCUT2D eigenvalue weighted by Gasteiger charge is -2.10. The van der Waals surface area contributed by atoms with E-state index in [-0.39, 0.29) is 0 Å². The summed E-state index contributed by atoms with van der Waals surface area (Å²) >= 11 is 6.29. The van der Waals surface area contributed by atoms with Crippen molar-refractivity contribution >= 4 is 11.6 Å². The molecule has 0 aliphatic heterocycles. The highest BCUT2D eigenvalue weighted by atomic mass is 35.5. The van der Waals surface area contributed by atoms with Gasteiger partial charge in [-0.3, -0.25) is 0 Å². The number of halogens is 1. The van der Waals surface area contributed by atoms with Crippen molar-refractivity contribution in [3.8, 4) is 11.5 Å². The van der Waals surface area contributed by atoms with Gasteiger partial charge in [0.25, 0.3) is 0 Å². The lowest BCUT2D eigenvalue weighted by atomic mass is 10.2. The first-order chi connectivity index (χ1) is 9.69. The molecule has 1 N–H and O–H groups in total. The minimum atomic E-state index is 0.735. The lowest BCUT2D eigenvalue weighted by molar-refractivity contribution is 0.482. The van der Waals surface area contributed by atoms with E-state index in [1.54, 1.807) is 0 Å². The molecule has 0 saturated carbocycles. The van der Waals surface area contributed by atoms with Crippen LogP contribution in [0.15, 0.2) is 42.5 Å². The maximum absolute atomic E-state index is 6.29. The second-order valence-electron chi connectivity index (χ2n) is 4.85. The van der Waals surface area contributed by atoms with E-state index >= 15 is 0 Å². The lowest BCUT2D eigenvalue weighted by Crippen LogP contribution is -2.13. The van der Waals surface area contributed by atoms with E-state index in [1.807, 2.05) is 49.4 Å². The van der Waals surface area contributed by atoms with Crippen molar-refractivity contribution in [3.05, 3.63) is 58.6 Å². The molecule has 2 rings (SSSR count). The average molecular weight is 290 g/mol. The SMILES string of the molecule is CCCNCc1ccc(Oc2cccc(C)c2)cc1Cl. The molecule has 0 aliphatic carbocycles. The third-order valence-corrected chi connectivity index (χ3v) is 3.34. The van der Waals surface area contributed by atoms with Crippen LogP contribution in [0.1, 0.15) is 24.5 Å². The molecular weight excluding hydrogens is 270 g/mol. The highest BCUT2D eigenvalue weighted by molar-refractivity contribution is 6.31. The third-order valence-electron chi connectivity index (χ3n) is 2.99. The van der Waals surface area contributed by atoms with Crippen molar-refractivity contribution in [3.63, 3.8) is 0 Å². The zero-order chi connectivity index (χ0) is 14.4. The smallest absolute Gasteiger partial charge is 0.128 e. The van der Waals surface area contributed by atoms with Crippen LogP contribution >= 0.6 is 11.6 Å². The zero-order valence-electron chi connectivity index (χ0n) is 11.9. The normalized spacial score (nSPS) is 10.6. The second-order valence-corrected chi connectivity index (χ2v) is 5.26. The second kappa shape index (κ2) is 7.32. The molecule has 0 heterocycles. The van der Waals surface area contributed by atoms with Crippen LogP contribution in [0.4, 0.5) is 0 Å². The van der Waals surface area contributed by atoms with Gasteiger partial charge in [-0.15, -0.1) is 0 Å². The Balaban J connectivity index is 2.05. The third kappa shape index (κ3) is 4.26. The predicted molar refractivity (Wildman–Crippen MR) is 84.7 cm³/mol. The summed E-state index contributed by atoms with van der Waals surface area (Å²) in [4.78, 5) is 0. The number of hydrogen-bond donors (Lipinski definition) is 1. The van der Waals surface area contributed by atoms with Crippen LogP contribution < -0.4 is 10.1 Å². The van der Waals surface area contributed by atoms with Gasteiger partial charge in [0.1, 0.15) is 11.5 Å². The standard InChI is InChI=1S/C17H20ClNO/c1-3-9-19-12-14-7-8-16(11-17(14)18)20-15-6-4-5-13(2)10-15/h4-8,10-11,19H,3,9,12H2,1-2H3. The maximum Gasteiger partial charge on any atom is 0.128 e. The van der Waals surface area contributed by atoms with Crippen LogP contribution in [0, 0.1) is 6.92 Å². The summed E-state index contributed by atoms with van der Waals surface area (Å²) < 4.78 is 5.82. The van der Waals surface area contributed by atoms with E-state index in [0.29, 0.717) is 0 Å². The summed E-state index contributed by atoms with van der Waals surface area (Å²) in [7, 11) is 0. The zero-order valence-corrected chi connectivity index (χ0v) is 12.7. The monoisotopic (exact) mass is 289 g/mol. The van der Waals surface area contributed by atoms with Crippen LogP contribution in [-0.4, -0.2) is 6.54 Å². The Morgan fingerprint density at radius 2 is 1.90 bits per heavy atom. The van der Waals surface area contributed by atoms with Crippen LogP contribution in [0.2, 0.25) is 5.02 Å². The summed E-state index contributed by atoms with van der Waals surface area (Å²) in [6.07, 6.45) is 1.12. The number of benzene rings is 2. The quantitative estimate of drug-likeness (QED) is 0.761. The minimum absolute atomic E-state index is 0.735. The molecule has 2 nitrogen and oxygen atoms in total. The molecule has 2 aromatic carbocycles. The van der Waals surface area contributed by atoms with Crippen LogP contribution in [0.3, 0.4) is 0 Å². The van der Waals surface area contributed by atoms with Gasteiger partial charge in [0, 0.05) is 11.6 Å². The fourth-order valence-electron chi connectivity index (χ4n) is 1.95. The molecule has 0 radical (unpaired) electrons. The number of aryl methyl sites for hydroxylation is 1. The summed E-state index contributed by atoms with van der Waals surface area (Å²) in [6.45, 7) is 5.98. The Morgan fingerprint density at radius 1 is 1.10 bits per heavy atom.